The Morgan fingerprint density at radius 2 is 2.20 bits per heavy atom. The maximum absolute atomic E-state index is 4.23. The lowest BCUT2D eigenvalue weighted by molar-refractivity contribution is 0.344. The van der Waals surface area contributed by atoms with Crippen molar-refractivity contribution in [2.24, 2.45) is 11.8 Å². The van der Waals surface area contributed by atoms with Crippen LogP contribution >= 0.6 is 0 Å². The van der Waals surface area contributed by atoms with Gasteiger partial charge in [0.2, 0.25) is 0 Å². The first-order valence-corrected chi connectivity index (χ1v) is 5.77. The van der Waals surface area contributed by atoms with Crippen LogP contribution in [0.25, 0.3) is 0 Å². The molecule has 2 rings (SSSR count). The average molecular weight is 204 g/mol. The van der Waals surface area contributed by atoms with Crippen molar-refractivity contribution in [3.63, 3.8) is 0 Å². The Morgan fingerprint density at radius 1 is 1.40 bits per heavy atom. The molecule has 82 valence electrons. The first-order valence-electron chi connectivity index (χ1n) is 5.77. The van der Waals surface area contributed by atoms with Gasteiger partial charge in [-0.2, -0.15) is 0 Å². The van der Waals surface area contributed by atoms with Gasteiger partial charge in [-0.05, 0) is 30.5 Å². The summed E-state index contributed by atoms with van der Waals surface area (Å²) in [4.78, 5) is 6.66. The molecule has 1 aliphatic heterocycles. The lowest BCUT2D eigenvalue weighted by Gasteiger charge is -2.21. The zero-order chi connectivity index (χ0) is 10.8. The third kappa shape index (κ3) is 2.20. The third-order valence-corrected chi connectivity index (χ3v) is 3.52. The summed E-state index contributed by atoms with van der Waals surface area (Å²) in [5.41, 5.74) is 1.40. The fourth-order valence-corrected chi connectivity index (χ4v) is 2.66. The molecule has 1 aromatic rings. The molecule has 0 aromatic carbocycles. The van der Waals surface area contributed by atoms with Gasteiger partial charge in [-0.3, -0.25) is 4.98 Å². The van der Waals surface area contributed by atoms with E-state index in [1.54, 1.807) is 0 Å². The van der Waals surface area contributed by atoms with Crippen molar-refractivity contribution in [3.8, 4) is 0 Å². The standard InChI is InChI=1S/C13H20N2/c1-10(2)12-8-15(3)9-13(12)11-5-4-6-14-7-11/h4-7,10,12-13H,8-9H2,1-3H3/t12-,13?/m0/s1. The highest BCUT2D eigenvalue weighted by atomic mass is 15.1. The molecular weight excluding hydrogens is 184 g/mol. The number of nitrogens with zero attached hydrogens (tertiary/aromatic N) is 2. The second-order valence-corrected chi connectivity index (χ2v) is 5.02. The minimum atomic E-state index is 0.670. The summed E-state index contributed by atoms with van der Waals surface area (Å²) in [6.07, 6.45) is 3.88. The predicted octanol–water partition coefficient (Wildman–Crippen LogP) is 2.38. The van der Waals surface area contributed by atoms with Crippen LogP contribution < -0.4 is 0 Å². The van der Waals surface area contributed by atoms with Crippen LogP contribution in [0, 0.1) is 11.8 Å². The number of likely N-dealkylation sites (tertiary alicyclic amines) is 1. The van der Waals surface area contributed by atoms with Crippen LogP contribution in [0.1, 0.15) is 25.3 Å². The molecule has 2 heteroatoms. The zero-order valence-corrected chi connectivity index (χ0v) is 9.85. The van der Waals surface area contributed by atoms with Crippen LogP contribution in [0.5, 0.6) is 0 Å². The zero-order valence-electron chi connectivity index (χ0n) is 9.85. The summed E-state index contributed by atoms with van der Waals surface area (Å²) in [5.74, 6) is 2.20. The molecule has 15 heavy (non-hydrogen) atoms. The van der Waals surface area contributed by atoms with Crippen LogP contribution in [0.15, 0.2) is 24.5 Å². The number of rotatable bonds is 2. The van der Waals surface area contributed by atoms with Crippen molar-refractivity contribution in [2.75, 3.05) is 20.1 Å². The molecule has 2 atom stereocenters. The molecule has 0 spiro atoms. The summed E-state index contributed by atoms with van der Waals surface area (Å²) in [5, 5.41) is 0. The highest BCUT2D eigenvalue weighted by Gasteiger charge is 2.33. The molecule has 0 aliphatic carbocycles. The van der Waals surface area contributed by atoms with Crippen molar-refractivity contribution < 1.29 is 0 Å². The quantitative estimate of drug-likeness (QED) is 0.735. The highest BCUT2D eigenvalue weighted by molar-refractivity contribution is 5.18. The van der Waals surface area contributed by atoms with E-state index in [4.69, 9.17) is 0 Å². The average Bonchev–Trinajstić information content (AvgIpc) is 2.62. The molecule has 2 heterocycles. The summed E-state index contributed by atoms with van der Waals surface area (Å²) >= 11 is 0. The second kappa shape index (κ2) is 4.31. The van der Waals surface area contributed by atoms with Crippen LogP contribution in [-0.4, -0.2) is 30.0 Å². The molecule has 1 fully saturated rings. The van der Waals surface area contributed by atoms with E-state index < -0.39 is 0 Å². The SMILES string of the molecule is CC(C)[C@@H]1CN(C)CC1c1cccnc1. The normalized spacial score (nSPS) is 27.5. The highest BCUT2D eigenvalue weighted by Crippen LogP contribution is 2.35. The topological polar surface area (TPSA) is 16.1 Å². The Kier molecular flexibility index (Phi) is 3.06. The molecule has 1 aromatic heterocycles. The fourth-order valence-electron chi connectivity index (χ4n) is 2.66. The van der Waals surface area contributed by atoms with Gasteiger partial charge in [-0.15, -0.1) is 0 Å². The maximum Gasteiger partial charge on any atom is 0.0303 e. The van der Waals surface area contributed by atoms with Gasteiger partial charge in [0.05, 0.1) is 0 Å². The van der Waals surface area contributed by atoms with E-state index in [1.165, 1.54) is 18.7 Å². The van der Waals surface area contributed by atoms with E-state index in [-0.39, 0.29) is 0 Å². The molecule has 1 aliphatic rings. The third-order valence-electron chi connectivity index (χ3n) is 3.52. The number of aromatic nitrogens is 1. The number of hydrogen-bond donors (Lipinski definition) is 0. The fraction of sp³-hybridized carbons (Fsp3) is 0.615. The van der Waals surface area contributed by atoms with E-state index in [0.29, 0.717) is 5.92 Å². The van der Waals surface area contributed by atoms with Gasteiger partial charge in [-0.1, -0.05) is 19.9 Å². The van der Waals surface area contributed by atoms with Crippen molar-refractivity contribution in [1.29, 1.82) is 0 Å². The van der Waals surface area contributed by atoms with Gasteiger partial charge in [0.1, 0.15) is 0 Å². The molecule has 1 unspecified atom stereocenters. The van der Waals surface area contributed by atoms with E-state index >= 15 is 0 Å². The molecule has 1 saturated heterocycles. The van der Waals surface area contributed by atoms with Gasteiger partial charge >= 0.3 is 0 Å². The second-order valence-electron chi connectivity index (χ2n) is 5.02. The maximum atomic E-state index is 4.23. The minimum absolute atomic E-state index is 0.670. The lowest BCUT2D eigenvalue weighted by Crippen LogP contribution is -2.17. The molecule has 0 N–H and O–H groups in total. The van der Waals surface area contributed by atoms with Crippen molar-refractivity contribution in [1.82, 2.24) is 9.88 Å². The Bertz CT molecular complexity index is 308. The van der Waals surface area contributed by atoms with E-state index in [2.05, 4.69) is 36.8 Å². The van der Waals surface area contributed by atoms with Gasteiger partial charge in [0.25, 0.3) is 0 Å². The summed E-state index contributed by atoms with van der Waals surface area (Å²) < 4.78 is 0. The van der Waals surface area contributed by atoms with E-state index in [9.17, 15) is 0 Å². The Morgan fingerprint density at radius 3 is 2.80 bits per heavy atom. The first-order chi connectivity index (χ1) is 7.18. The molecule has 0 amide bonds. The molecule has 0 saturated carbocycles. The Labute approximate surface area is 92.3 Å². The minimum Gasteiger partial charge on any atom is -0.305 e. The predicted molar refractivity (Wildman–Crippen MR) is 62.8 cm³/mol. The van der Waals surface area contributed by atoms with Crippen LogP contribution in [0.2, 0.25) is 0 Å². The number of likely N-dealkylation sites (N-methyl/N-ethyl adjacent to an activating group) is 1. The Balaban J connectivity index is 2.21. The van der Waals surface area contributed by atoms with Crippen LogP contribution in [0.3, 0.4) is 0 Å². The van der Waals surface area contributed by atoms with Gasteiger partial charge < -0.3 is 4.90 Å². The van der Waals surface area contributed by atoms with Gasteiger partial charge in [-0.25, -0.2) is 0 Å². The molecule has 0 radical (unpaired) electrons. The van der Waals surface area contributed by atoms with Crippen LogP contribution in [-0.2, 0) is 0 Å². The largest absolute Gasteiger partial charge is 0.305 e. The molecule has 0 bridgehead atoms. The molecular formula is C13H20N2. The monoisotopic (exact) mass is 204 g/mol. The van der Waals surface area contributed by atoms with Crippen molar-refractivity contribution >= 4 is 0 Å². The number of pyridine rings is 1. The van der Waals surface area contributed by atoms with Gasteiger partial charge in [0, 0.05) is 31.4 Å². The summed E-state index contributed by atoms with van der Waals surface area (Å²) in [6, 6.07) is 4.26. The van der Waals surface area contributed by atoms with Gasteiger partial charge in [0.15, 0.2) is 0 Å². The first kappa shape index (κ1) is 10.6. The van der Waals surface area contributed by atoms with Crippen molar-refractivity contribution in [2.45, 2.75) is 19.8 Å². The van der Waals surface area contributed by atoms with E-state index in [1.807, 2.05) is 18.5 Å². The number of hydrogen-bond acceptors (Lipinski definition) is 2. The summed E-state index contributed by atoms with van der Waals surface area (Å²) in [7, 11) is 2.21. The molecule has 2 nitrogen and oxygen atoms in total. The smallest absolute Gasteiger partial charge is 0.0303 e. The summed E-state index contributed by atoms with van der Waals surface area (Å²) in [6.45, 7) is 7.05. The van der Waals surface area contributed by atoms with Crippen molar-refractivity contribution in [3.05, 3.63) is 30.1 Å². The lowest BCUT2D eigenvalue weighted by atomic mass is 9.82. The van der Waals surface area contributed by atoms with E-state index in [0.717, 1.165) is 11.8 Å². The van der Waals surface area contributed by atoms with Crippen LogP contribution in [0.4, 0.5) is 0 Å². The Hall–Kier alpha value is -0.890.